The van der Waals surface area contributed by atoms with Gasteiger partial charge in [0, 0.05) is 17.5 Å². The largest absolute Gasteiger partial charge is 0.371 e. The molecule has 0 aliphatic heterocycles. The van der Waals surface area contributed by atoms with Crippen molar-refractivity contribution in [2.45, 2.75) is 32.4 Å². The van der Waals surface area contributed by atoms with Gasteiger partial charge in [-0.05, 0) is 24.8 Å². The summed E-state index contributed by atoms with van der Waals surface area (Å²) >= 11 is 1.71. The quantitative estimate of drug-likeness (QED) is 0.791. The zero-order valence-corrected chi connectivity index (χ0v) is 9.01. The van der Waals surface area contributed by atoms with Crippen LogP contribution in [-0.2, 0) is 4.74 Å². The molecule has 0 bridgehead atoms. The summed E-state index contributed by atoms with van der Waals surface area (Å²) in [5.74, 6) is 0. The first-order chi connectivity index (χ1) is 6.29. The third-order valence-corrected chi connectivity index (χ3v) is 2.96. The first-order valence-electron chi connectivity index (χ1n) is 4.70. The first-order valence-corrected chi connectivity index (χ1v) is 5.58. The predicted octanol–water partition coefficient (Wildman–Crippen LogP) is 2.56. The maximum Gasteiger partial charge on any atom is 0.107 e. The molecule has 13 heavy (non-hydrogen) atoms. The van der Waals surface area contributed by atoms with Crippen LogP contribution in [0.4, 0.5) is 0 Å². The third kappa shape index (κ3) is 2.79. The van der Waals surface area contributed by atoms with Crippen molar-refractivity contribution >= 4 is 11.3 Å². The maximum atomic E-state index is 5.98. The number of ether oxygens (including phenoxy) is 1. The summed E-state index contributed by atoms with van der Waals surface area (Å²) < 4.78 is 5.62. The molecule has 2 atom stereocenters. The molecule has 0 aliphatic carbocycles. The van der Waals surface area contributed by atoms with Crippen LogP contribution in [-0.4, -0.2) is 12.6 Å². The number of rotatable bonds is 5. The normalized spacial score (nSPS) is 15.6. The van der Waals surface area contributed by atoms with E-state index < -0.39 is 0 Å². The van der Waals surface area contributed by atoms with Gasteiger partial charge in [-0.1, -0.05) is 13.0 Å². The third-order valence-electron chi connectivity index (χ3n) is 2.03. The van der Waals surface area contributed by atoms with Crippen molar-refractivity contribution in [3.8, 4) is 0 Å². The molecule has 3 heteroatoms. The molecule has 0 radical (unpaired) electrons. The molecule has 1 aromatic heterocycles. The molecule has 1 aromatic rings. The van der Waals surface area contributed by atoms with Crippen LogP contribution in [0.3, 0.4) is 0 Å². The van der Waals surface area contributed by atoms with Gasteiger partial charge < -0.3 is 10.5 Å². The molecular formula is C10H17NOS. The van der Waals surface area contributed by atoms with E-state index in [-0.39, 0.29) is 12.1 Å². The molecule has 0 saturated carbocycles. The maximum absolute atomic E-state index is 5.98. The van der Waals surface area contributed by atoms with Crippen LogP contribution in [0.2, 0.25) is 0 Å². The molecule has 74 valence electrons. The van der Waals surface area contributed by atoms with Crippen molar-refractivity contribution in [3.05, 3.63) is 22.4 Å². The van der Waals surface area contributed by atoms with Crippen molar-refractivity contribution in [1.29, 1.82) is 0 Å². The summed E-state index contributed by atoms with van der Waals surface area (Å²) in [6.45, 7) is 4.81. The van der Waals surface area contributed by atoms with Crippen LogP contribution >= 0.6 is 11.3 Å². The summed E-state index contributed by atoms with van der Waals surface area (Å²) in [6, 6.07) is 4.23. The van der Waals surface area contributed by atoms with Gasteiger partial charge in [-0.2, -0.15) is 0 Å². The fourth-order valence-corrected chi connectivity index (χ4v) is 2.11. The van der Waals surface area contributed by atoms with E-state index in [2.05, 4.69) is 18.4 Å². The molecule has 2 nitrogen and oxygen atoms in total. The lowest BCUT2D eigenvalue weighted by atomic mass is 10.1. The molecule has 2 N–H and O–H groups in total. The molecule has 0 fully saturated rings. The van der Waals surface area contributed by atoms with Crippen molar-refractivity contribution in [1.82, 2.24) is 0 Å². The van der Waals surface area contributed by atoms with Crippen molar-refractivity contribution in [3.63, 3.8) is 0 Å². The Morgan fingerprint density at radius 2 is 2.31 bits per heavy atom. The van der Waals surface area contributed by atoms with Crippen LogP contribution in [0.1, 0.15) is 31.2 Å². The monoisotopic (exact) mass is 199 g/mol. The van der Waals surface area contributed by atoms with E-state index in [4.69, 9.17) is 10.5 Å². The van der Waals surface area contributed by atoms with E-state index in [1.54, 1.807) is 11.3 Å². The van der Waals surface area contributed by atoms with Crippen LogP contribution in [0, 0.1) is 0 Å². The van der Waals surface area contributed by atoms with E-state index in [9.17, 15) is 0 Å². The average Bonchev–Trinajstić information content (AvgIpc) is 2.65. The zero-order valence-electron chi connectivity index (χ0n) is 8.19. The number of hydrogen-bond acceptors (Lipinski definition) is 3. The van der Waals surface area contributed by atoms with Crippen molar-refractivity contribution in [2.75, 3.05) is 6.61 Å². The van der Waals surface area contributed by atoms with Gasteiger partial charge in [-0.3, -0.25) is 0 Å². The lowest BCUT2D eigenvalue weighted by Crippen LogP contribution is -2.29. The minimum Gasteiger partial charge on any atom is -0.371 e. The minimum absolute atomic E-state index is 0.0787. The van der Waals surface area contributed by atoms with Gasteiger partial charge in [0.05, 0.1) is 0 Å². The smallest absolute Gasteiger partial charge is 0.107 e. The summed E-state index contributed by atoms with van der Waals surface area (Å²) in [5.41, 5.74) is 5.98. The highest BCUT2D eigenvalue weighted by atomic mass is 32.1. The number of nitrogens with two attached hydrogens (primary N) is 1. The van der Waals surface area contributed by atoms with Crippen LogP contribution in [0.15, 0.2) is 17.5 Å². The second kappa shape index (κ2) is 5.37. The highest BCUT2D eigenvalue weighted by Crippen LogP contribution is 2.25. The van der Waals surface area contributed by atoms with Gasteiger partial charge in [0.1, 0.15) is 6.10 Å². The van der Waals surface area contributed by atoms with Gasteiger partial charge in [0.15, 0.2) is 0 Å². The topological polar surface area (TPSA) is 35.2 Å². The fraction of sp³-hybridized carbons (Fsp3) is 0.600. The summed E-state index contributed by atoms with van der Waals surface area (Å²) in [5, 5.41) is 2.06. The van der Waals surface area contributed by atoms with Crippen LogP contribution in [0.5, 0.6) is 0 Å². The fourth-order valence-electron chi connectivity index (χ4n) is 1.26. The second-order valence-corrected chi connectivity index (χ2v) is 3.94. The number of hydrogen-bond donors (Lipinski definition) is 1. The van der Waals surface area contributed by atoms with Crippen molar-refractivity contribution < 1.29 is 4.74 Å². The Morgan fingerprint density at radius 1 is 1.54 bits per heavy atom. The van der Waals surface area contributed by atoms with Gasteiger partial charge in [0.25, 0.3) is 0 Å². The van der Waals surface area contributed by atoms with E-state index in [0.717, 1.165) is 13.0 Å². The van der Waals surface area contributed by atoms with E-state index in [1.165, 1.54) is 4.88 Å². The van der Waals surface area contributed by atoms with Gasteiger partial charge >= 0.3 is 0 Å². The molecular weight excluding hydrogens is 182 g/mol. The highest BCUT2D eigenvalue weighted by Gasteiger charge is 2.19. The molecule has 2 unspecified atom stereocenters. The summed E-state index contributed by atoms with van der Waals surface area (Å²) in [7, 11) is 0. The summed E-state index contributed by atoms with van der Waals surface area (Å²) in [6.07, 6.45) is 1.03. The highest BCUT2D eigenvalue weighted by molar-refractivity contribution is 7.10. The van der Waals surface area contributed by atoms with E-state index in [0.29, 0.717) is 0 Å². The molecule has 1 heterocycles. The molecule has 0 saturated heterocycles. The molecule has 0 spiro atoms. The van der Waals surface area contributed by atoms with Gasteiger partial charge in [-0.15, -0.1) is 11.3 Å². The molecule has 0 aliphatic rings. The Balaban J connectivity index is 2.68. The first kappa shape index (κ1) is 10.7. The standard InChI is InChI=1S/C10H17NOS/c1-3-8(11)10(12-4-2)9-6-5-7-13-9/h5-8,10H,3-4,11H2,1-2H3. The Labute approximate surface area is 83.7 Å². The van der Waals surface area contributed by atoms with Gasteiger partial charge in [0.2, 0.25) is 0 Å². The molecule has 0 aromatic carbocycles. The molecule has 1 rings (SSSR count). The lowest BCUT2D eigenvalue weighted by Gasteiger charge is -2.21. The minimum atomic E-state index is 0.0787. The Bertz CT molecular complexity index is 223. The second-order valence-electron chi connectivity index (χ2n) is 2.96. The Morgan fingerprint density at radius 3 is 2.77 bits per heavy atom. The lowest BCUT2D eigenvalue weighted by molar-refractivity contribution is 0.0449. The van der Waals surface area contributed by atoms with Crippen LogP contribution in [0.25, 0.3) is 0 Å². The van der Waals surface area contributed by atoms with Crippen LogP contribution < -0.4 is 5.73 Å². The average molecular weight is 199 g/mol. The van der Waals surface area contributed by atoms with Gasteiger partial charge in [-0.25, -0.2) is 0 Å². The van der Waals surface area contributed by atoms with E-state index >= 15 is 0 Å². The predicted molar refractivity (Wildman–Crippen MR) is 57.0 cm³/mol. The Hall–Kier alpha value is -0.380. The molecule has 0 amide bonds. The number of thiophene rings is 1. The SMILES string of the molecule is CCOC(c1cccs1)C(N)CC. The Kier molecular flexibility index (Phi) is 4.42. The zero-order chi connectivity index (χ0) is 9.68. The van der Waals surface area contributed by atoms with Crippen molar-refractivity contribution in [2.24, 2.45) is 5.73 Å². The summed E-state index contributed by atoms with van der Waals surface area (Å²) in [4.78, 5) is 1.23. The van der Waals surface area contributed by atoms with E-state index in [1.807, 2.05) is 13.0 Å².